The van der Waals surface area contributed by atoms with Gasteiger partial charge in [-0.15, -0.1) is 11.3 Å². The average Bonchev–Trinajstić information content (AvgIpc) is 3.35. The van der Waals surface area contributed by atoms with Crippen molar-refractivity contribution < 1.29 is 9.53 Å². The van der Waals surface area contributed by atoms with Crippen LogP contribution < -0.4 is 5.32 Å². The van der Waals surface area contributed by atoms with Gasteiger partial charge in [-0.3, -0.25) is 9.78 Å². The van der Waals surface area contributed by atoms with Crippen LogP contribution in [0.15, 0.2) is 29.8 Å². The average molecular weight is 427 g/mol. The zero-order valence-corrected chi connectivity index (χ0v) is 19.0. The minimum Gasteiger partial charge on any atom is -0.385 e. The number of aromatic nitrogens is 3. The smallest absolute Gasteiger partial charge is 0.253 e. The molecule has 0 aromatic carbocycles. The van der Waals surface area contributed by atoms with E-state index in [4.69, 9.17) is 9.72 Å². The quantitative estimate of drug-likeness (QED) is 0.470. The number of carbonyl (C=O) groups is 1. The number of hydrogen-bond acceptors (Lipinski definition) is 5. The summed E-state index contributed by atoms with van der Waals surface area (Å²) < 4.78 is 7.28. The molecule has 0 saturated carbocycles. The van der Waals surface area contributed by atoms with Gasteiger partial charge in [0.1, 0.15) is 5.01 Å². The molecule has 3 aromatic rings. The van der Waals surface area contributed by atoms with E-state index in [0.29, 0.717) is 18.7 Å². The van der Waals surface area contributed by atoms with Crippen molar-refractivity contribution >= 4 is 17.2 Å². The zero-order chi connectivity index (χ0) is 21.5. The minimum absolute atomic E-state index is 0.0433. The number of pyridine rings is 1. The van der Waals surface area contributed by atoms with Crippen LogP contribution in [-0.2, 0) is 11.3 Å². The summed E-state index contributed by atoms with van der Waals surface area (Å²) in [5.41, 5.74) is 5.58. The van der Waals surface area contributed by atoms with Crippen molar-refractivity contribution in [1.82, 2.24) is 19.9 Å². The van der Waals surface area contributed by atoms with Crippen molar-refractivity contribution in [3.63, 3.8) is 0 Å². The van der Waals surface area contributed by atoms with Crippen LogP contribution in [0.5, 0.6) is 0 Å². The highest BCUT2D eigenvalue weighted by Gasteiger charge is 2.20. The number of aryl methyl sites for hydroxylation is 1. The van der Waals surface area contributed by atoms with Gasteiger partial charge < -0.3 is 14.6 Å². The standard InChI is InChI=1S/C23H30N4O2S/c1-5-6-11-27-17(3)19(22(28)24-10-7-12-29-4)13-21(27)20-15-30-23(26-20)18-9-8-16(2)25-14-18/h8-9,13-15H,5-7,10-12H2,1-4H3,(H,24,28). The summed E-state index contributed by atoms with van der Waals surface area (Å²) in [5, 5.41) is 6.00. The molecule has 0 radical (unpaired) electrons. The van der Waals surface area contributed by atoms with E-state index in [1.54, 1.807) is 18.4 Å². The van der Waals surface area contributed by atoms with Gasteiger partial charge in [0.2, 0.25) is 0 Å². The highest BCUT2D eigenvalue weighted by Crippen LogP contribution is 2.31. The van der Waals surface area contributed by atoms with Crippen molar-refractivity contribution in [3.05, 3.63) is 46.7 Å². The molecule has 3 heterocycles. The maximum Gasteiger partial charge on any atom is 0.253 e. The van der Waals surface area contributed by atoms with Crippen LogP contribution in [-0.4, -0.2) is 40.7 Å². The summed E-state index contributed by atoms with van der Waals surface area (Å²) in [6.45, 7) is 8.27. The Kier molecular flexibility index (Phi) is 7.76. The van der Waals surface area contributed by atoms with E-state index in [0.717, 1.165) is 59.2 Å². The van der Waals surface area contributed by atoms with Crippen molar-refractivity contribution in [2.24, 2.45) is 0 Å². The first-order valence-electron chi connectivity index (χ1n) is 10.4. The normalized spacial score (nSPS) is 11.1. The Hall–Kier alpha value is -2.51. The first kappa shape index (κ1) is 22.2. The highest BCUT2D eigenvalue weighted by atomic mass is 32.1. The number of methoxy groups -OCH3 is 1. The topological polar surface area (TPSA) is 69.0 Å². The zero-order valence-electron chi connectivity index (χ0n) is 18.2. The summed E-state index contributed by atoms with van der Waals surface area (Å²) in [7, 11) is 1.67. The molecule has 0 aliphatic heterocycles. The maximum atomic E-state index is 12.8. The third-order valence-electron chi connectivity index (χ3n) is 5.08. The fraction of sp³-hybridized carbons (Fsp3) is 0.435. The second-order valence-corrected chi connectivity index (χ2v) is 8.22. The molecule has 30 heavy (non-hydrogen) atoms. The summed E-state index contributed by atoms with van der Waals surface area (Å²) in [6.07, 6.45) is 4.80. The van der Waals surface area contributed by atoms with Crippen LogP contribution >= 0.6 is 11.3 Å². The third kappa shape index (κ3) is 5.15. The fourth-order valence-corrected chi connectivity index (χ4v) is 4.13. The van der Waals surface area contributed by atoms with Gasteiger partial charge in [0.25, 0.3) is 5.91 Å². The van der Waals surface area contributed by atoms with Crippen LogP contribution in [0.1, 0.15) is 47.9 Å². The van der Waals surface area contributed by atoms with Gasteiger partial charge in [-0.2, -0.15) is 0 Å². The molecule has 1 N–H and O–H groups in total. The van der Waals surface area contributed by atoms with Crippen LogP contribution in [0.4, 0.5) is 0 Å². The molecule has 7 heteroatoms. The monoisotopic (exact) mass is 426 g/mol. The molecule has 0 fully saturated rings. The molecule has 0 unspecified atom stereocenters. The number of ether oxygens (including phenoxy) is 1. The molecule has 0 spiro atoms. The van der Waals surface area contributed by atoms with Gasteiger partial charge in [0.15, 0.2) is 0 Å². The summed E-state index contributed by atoms with van der Waals surface area (Å²) in [6, 6.07) is 6.02. The lowest BCUT2D eigenvalue weighted by atomic mass is 10.2. The molecular weight excluding hydrogens is 396 g/mol. The molecule has 160 valence electrons. The van der Waals surface area contributed by atoms with Gasteiger partial charge in [-0.25, -0.2) is 4.98 Å². The molecule has 3 rings (SSSR count). The van der Waals surface area contributed by atoms with Crippen molar-refractivity contribution in [3.8, 4) is 22.0 Å². The van der Waals surface area contributed by atoms with E-state index < -0.39 is 0 Å². The molecule has 0 aliphatic rings. The Morgan fingerprint density at radius 1 is 1.27 bits per heavy atom. The van der Waals surface area contributed by atoms with Crippen molar-refractivity contribution in [1.29, 1.82) is 0 Å². The lowest BCUT2D eigenvalue weighted by Crippen LogP contribution is -2.25. The second-order valence-electron chi connectivity index (χ2n) is 7.36. The SMILES string of the molecule is CCCCn1c(-c2csc(-c3ccc(C)nc3)n2)cc(C(=O)NCCCOC)c1C. The van der Waals surface area contributed by atoms with Gasteiger partial charge in [0, 0.05) is 55.3 Å². The van der Waals surface area contributed by atoms with Crippen LogP contribution in [0, 0.1) is 13.8 Å². The van der Waals surface area contributed by atoms with Crippen LogP contribution in [0.3, 0.4) is 0 Å². The summed E-state index contributed by atoms with van der Waals surface area (Å²) >= 11 is 1.60. The van der Waals surface area contributed by atoms with E-state index >= 15 is 0 Å². The minimum atomic E-state index is -0.0433. The largest absolute Gasteiger partial charge is 0.385 e. The lowest BCUT2D eigenvalue weighted by molar-refractivity contribution is 0.0948. The molecule has 0 bridgehead atoms. The molecule has 0 atom stereocenters. The Balaban J connectivity index is 1.89. The fourth-order valence-electron chi connectivity index (χ4n) is 3.32. The van der Waals surface area contributed by atoms with E-state index in [-0.39, 0.29) is 5.91 Å². The predicted molar refractivity (Wildman–Crippen MR) is 122 cm³/mol. The van der Waals surface area contributed by atoms with E-state index in [9.17, 15) is 4.79 Å². The lowest BCUT2D eigenvalue weighted by Gasteiger charge is -2.10. The number of carbonyl (C=O) groups excluding carboxylic acids is 1. The number of nitrogens with one attached hydrogen (secondary N) is 1. The number of hydrogen-bond donors (Lipinski definition) is 1. The van der Waals surface area contributed by atoms with Crippen molar-refractivity contribution in [2.75, 3.05) is 20.3 Å². The van der Waals surface area contributed by atoms with Gasteiger partial charge in [0.05, 0.1) is 17.0 Å². The second kappa shape index (κ2) is 10.5. The van der Waals surface area contributed by atoms with E-state index in [1.165, 1.54) is 0 Å². The van der Waals surface area contributed by atoms with Gasteiger partial charge >= 0.3 is 0 Å². The Bertz CT molecular complexity index is 976. The van der Waals surface area contributed by atoms with Gasteiger partial charge in [-0.1, -0.05) is 13.3 Å². The first-order chi connectivity index (χ1) is 14.5. The Labute approximate surface area is 182 Å². The molecule has 1 amide bonds. The molecule has 6 nitrogen and oxygen atoms in total. The van der Waals surface area contributed by atoms with Crippen LogP contribution in [0.2, 0.25) is 0 Å². The number of rotatable bonds is 10. The third-order valence-corrected chi connectivity index (χ3v) is 5.97. The van der Waals surface area contributed by atoms with Gasteiger partial charge in [-0.05, 0) is 44.9 Å². The first-order valence-corrected chi connectivity index (χ1v) is 11.3. The predicted octanol–water partition coefficient (Wildman–Crippen LogP) is 4.86. The highest BCUT2D eigenvalue weighted by molar-refractivity contribution is 7.13. The molecule has 3 aromatic heterocycles. The number of thiazole rings is 1. The number of amides is 1. The number of nitrogens with zero attached hydrogens (tertiary/aromatic N) is 3. The molecular formula is C23H30N4O2S. The van der Waals surface area contributed by atoms with Crippen molar-refractivity contribution in [2.45, 2.75) is 46.6 Å². The number of unbranched alkanes of at least 4 members (excludes halogenated alkanes) is 1. The molecule has 0 saturated heterocycles. The van der Waals surface area contributed by atoms with Crippen LogP contribution in [0.25, 0.3) is 22.0 Å². The van der Waals surface area contributed by atoms with E-state index in [2.05, 4.69) is 27.2 Å². The maximum absolute atomic E-state index is 12.8. The summed E-state index contributed by atoms with van der Waals surface area (Å²) in [4.78, 5) is 22.0. The van der Waals surface area contributed by atoms with E-state index in [1.807, 2.05) is 38.2 Å². The molecule has 0 aliphatic carbocycles. The Morgan fingerprint density at radius 2 is 2.10 bits per heavy atom. The summed E-state index contributed by atoms with van der Waals surface area (Å²) in [5.74, 6) is -0.0433. The Morgan fingerprint density at radius 3 is 2.80 bits per heavy atom.